The first-order valence-corrected chi connectivity index (χ1v) is 6.77. The summed E-state index contributed by atoms with van der Waals surface area (Å²) in [6.07, 6.45) is 4.66. The lowest BCUT2D eigenvalue weighted by atomic mass is 9.93. The van der Waals surface area contributed by atoms with Crippen molar-refractivity contribution in [1.82, 2.24) is 4.98 Å². The van der Waals surface area contributed by atoms with E-state index in [1.807, 2.05) is 12.1 Å². The van der Waals surface area contributed by atoms with E-state index in [-0.39, 0.29) is 6.10 Å². The number of carbonyl (C=O) groups is 1. The summed E-state index contributed by atoms with van der Waals surface area (Å²) in [5.74, 6) is 0.873. The van der Waals surface area contributed by atoms with Crippen LogP contribution in [0, 0.1) is 0 Å². The molecule has 0 aromatic carbocycles. The largest absolute Gasteiger partial charge is 0.446 e. The molecule has 0 atom stereocenters. The van der Waals surface area contributed by atoms with Gasteiger partial charge in [0.05, 0.1) is 0 Å². The van der Waals surface area contributed by atoms with E-state index in [1.54, 1.807) is 6.20 Å². The molecule has 0 unspecified atom stereocenters. The summed E-state index contributed by atoms with van der Waals surface area (Å²) in [4.78, 5) is 14.9. The van der Waals surface area contributed by atoms with E-state index >= 15 is 0 Å². The molecule has 1 aliphatic rings. The van der Waals surface area contributed by atoms with Crippen molar-refractivity contribution in [3.05, 3.63) is 22.8 Å². The van der Waals surface area contributed by atoms with Crippen LogP contribution in [0.25, 0.3) is 0 Å². The highest BCUT2D eigenvalue weighted by Crippen LogP contribution is 2.23. The molecule has 0 spiro atoms. The average Bonchev–Trinajstić information content (AvgIpc) is 2.34. The highest BCUT2D eigenvalue weighted by atomic mass is 79.9. The third-order valence-electron chi connectivity index (χ3n) is 3.04. The van der Waals surface area contributed by atoms with E-state index in [1.165, 1.54) is 0 Å². The Morgan fingerprint density at radius 2 is 2.11 bits per heavy atom. The van der Waals surface area contributed by atoms with Crippen LogP contribution in [0.5, 0.6) is 0 Å². The minimum absolute atomic E-state index is 0.0292. The van der Waals surface area contributed by atoms with Gasteiger partial charge in [0.1, 0.15) is 11.9 Å². The molecule has 1 aliphatic carbocycles. The van der Waals surface area contributed by atoms with E-state index < -0.39 is 6.09 Å². The van der Waals surface area contributed by atoms with E-state index in [2.05, 4.69) is 26.2 Å². The highest BCUT2D eigenvalue weighted by molar-refractivity contribution is 9.10. The number of hydrogen-bond acceptors (Lipinski definition) is 4. The van der Waals surface area contributed by atoms with Crippen LogP contribution in [0.1, 0.15) is 25.7 Å². The Labute approximate surface area is 114 Å². The minimum Gasteiger partial charge on any atom is -0.446 e. The van der Waals surface area contributed by atoms with Crippen molar-refractivity contribution in [2.45, 2.75) is 37.8 Å². The minimum atomic E-state index is -0.680. The smallest absolute Gasteiger partial charge is 0.404 e. The summed E-state index contributed by atoms with van der Waals surface area (Å²) in [7, 11) is 0. The number of aromatic nitrogens is 1. The van der Waals surface area contributed by atoms with Crippen molar-refractivity contribution in [2.75, 3.05) is 5.32 Å². The maximum absolute atomic E-state index is 10.6. The second-order valence-corrected chi connectivity index (χ2v) is 5.33. The molecule has 18 heavy (non-hydrogen) atoms. The zero-order chi connectivity index (χ0) is 13.0. The van der Waals surface area contributed by atoms with Crippen molar-refractivity contribution in [1.29, 1.82) is 0 Å². The number of primary amides is 1. The molecule has 1 fully saturated rings. The van der Waals surface area contributed by atoms with Gasteiger partial charge in [-0.2, -0.15) is 0 Å². The number of amides is 1. The standard InChI is InChI=1S/C12H16BrN3O2/c13-8-1-6-11(15-7-8)16-9-2-4-10(5-3-9)18-12(14)17/h1,6-7,9-10H,2-5H2,(H2,14,17)(H,15,16). The summed E-state index contributed by atoms with van der Waals surface area (Å²) < 4.78 is 5.96. The predicted octanol–water partition coefficient (Wildman–Crippen LogP) is 2.66. The molecule has 1 heterocycles. The maximum Gasteiger partial charge on any atom is 0.404 e. The Balaban J connectivity index is 1.79. The number of nitrogens with two attached hydrogens (primary N) is 1. The summed E-state index contributed by atoms with van der Waals surface area (Å²) in [6, 6.07) is 4.28. The molecule has 0 aliphatic heterocycles. The number of hydrogen-bond donors (Lipinski definition) is 2. The van der Waals surface area contributed by atoms with E-state index in [0.717, 1.165) is 36.0 Å². The second-order valence-electron chi connectivity index (χ2n) is 4.42. The third kappa shape index (κ3) is 3.87. The first-order chi connectivity index (χ1) is 8.63. The van der Waals surface area contributed by atoms with Crippen molar-refractivity contribution in [3.8, 4) is 0 Å². The predicted molar refractivity (Wildman–Crippen MR) is 72.3 cm³/mol. The Morgan fingerprint density at radius 3 is 2.67 bits per heavy atom. The highest BCUT2D eigenvalue weighted by Gasteiger charge is 2.23. The fourth-order valence-corrected chi connectivity index (χ4v) is 2.39. The molecular formula is C12H16BrN3O2. The maximum atomic E-state index is 10.6. The van der Waals surface area contributed by atoms with Crippen LogP contribution in [0.4, 0.5) is 10.6 Å². The number of nitrogens with one attached hydrogen (secondary N) is 1. The van der Waals surface area contributed by atoms with Gasteiger partial charge in [-0.05, 0) is 53.7 Å². The van der Waals surface area contributed by atoms with Crippen LogP contribution >= 0.6 is 15.9 Å². The van der Waals surface area contributed by atoms with E-state index in [4.69, 9.17) is 10.5 Å². The summed E-state index contributed by atoms with van der Waals surface area (Å²) >= 11 is 3.35. The van der Waals surface area contributed by atoms with Crippen molar-refractivity contribution in [2.24, 2.45) is 5.73 Å². The summed E-state index contributed by atoms with van der Waals surface area (Å²) in [5, 5.41) is 3.38. The molecule has 1 aromatic heterocycles. The van der Waals surface area contributed by atoms with Gasteiger partial charge in [-0.1, -0.05) is 0 Å². The lowest BCUT2D eigenvalue weighted by molar-refractivity contribution is 0.0805. The molecule has 6 heteroatoms. The molecule has 0 bridgehead atoms. The van der Waals surface area contributed by atoms with Crippen LogP contribution in [0.15, 0.2) is 22.8 Å². The van der Waals surface area contributed by atoms with Gasteiger partial charge in [0, 0.05) is 16.7 Å². The monoisotopic (exact) mass is 313 g/mol. The van der Waals surface area contributed by atoms with Gasteiger partial charge in [0.15, 0.2) is 0 Å². The van der Waals surface area contributed by atoms with Crippen LogP contribution < -0.4 is 11.1 Å². The fraction of sp³-hybridized carbons (Fsp3) is 0.500. The molecule has 1 aromatic rings. The molecular weight excluding hydrogens is 298 g/mol. The average molecular weight is 314 g/mol. The van der Waals surface area contributed by atoms with Gasteiger partial charge in [-0.15, -0.1) is 0 Å². The Kier molecular flexibility index (Phi) is 4.41. The molecule has 1 saturated carbocycles. The zero-order valence-electron chi connectivity index (χ0n) is 9.93. The van der Waals surface area contributed by atoms with Gasteiger partial charge in [-0.3, -0.25) is 0 Å². The SMILES string of the molecule is NC(=O)OC1CCC(Nc2ccc(Br)cn2)CC1. The van der Waals surface area contributed by atoms with Crippen LogP contribution in [-0.4, -0.2) is 23.2 Å². The Hall–Kier alpha value is -1.30. The summed E-state index contributed by atoms with van der Waals surface area (Å²) in [5.41, 5.74) is 5.00. The zero-order valence-corrected chi connectivity index (χ0v) is 11.5. The lowest BCUT2D eigenvalue weighted by Gasteiger charge is -2.28. The number of carbonyl (C=O) groups excluding carboxylic acids is 1. The fourth-order valence-electron chi connectivity index (χ4n) is 2.16. The normalized spacial score (nSPS) is 23.4. The first-order valence-electron chi connectivity index (χ1n) is 5.97. The summed E-state index contributed by atoms with van der Waals surface area (Å²) in [6.45, 7) is 0. The van der Waals surface area contributed by atoms with Crippen molar-refractivity contribution >= 4 is 27.8 Å². The van der Waals surface area contributed by atoms with Gasteiger partial charge in [0.25, 0.3) is 0 Å². The van der Waals surface area contributed by atoms with Crippen molar-refractivity contribution < 1.29 is 9.53 Å². The second kappa shape index (κ2) is 6.04. The number of nitrogens with zero attached hydrogens (tertiary/aromatic N) is 1. The number of anilines is 1. The van der Waals surface area contributed by atoms with Gasteiger partial charge >= 0.3 is 6.09 Å². The van der Waals surface area contributed by atoms with Crippen LogP contribution in [0.2, 0.25) is 0 Å². The Bertz CT molecular complexity index is 402. The van der Waals surface area contributed by atoms with E-state index in [9.17, 15) is 4.79 Å². The molecule has 0 saturated heterocycles. The topological polar surface area (TPSA) is 77.2 Å². The molecule has 0 radical (unpaired) electrons. The number of rotatable bonds is 3. The number of pyridine rings is 1. The molecule has 2 rings (SSSR count). The molecule has 1 amide bonds. The lowest BCUT2D eigenvalue weighted by Crippen LogP contribution is -2.32. The first kappa shape index (κ1) is 13.1. The quantitative estimate of drug-likeness (QED) is 0.899. The third-order valence-corrected chi connectivity index (χ3v) is 3.51. The molecule has 5 nitrogen and oxygen atoms in total. The molecule has 3 N–H and O–H groups in total. The number of halogens is 1. The van der Waals surface area contributed by atoms with Crippen molar-refractivity contribution in [3.63, 3.8) is 0 Å². The molecule has 98 valence electrons. The van der Waals surface area contributed by atoms with Crippen LogP contribution in [-0.2, 0) is 4.74 Å². The van der Waals surface area contributed by atoms with Gasteiger partial charge in [0.2, 0.25) is 0 Å². The Morgan fingerprint density at radius 1 is 1.39 bits per heavy atom. The van der Waals surface area contributed by atoms with Crippen LogP contribution in [0.3, 0.4) is 0 Å². The van der Waals surface area contributed by atoms with Gasteiger partial charge in [-0.25, -0.2) is 9.78 Å². The van der Waals surface area contributed by atoms with E-state index in [0.29, 0.717) is 6.04 Å². The number of ether oxygens (including phenoxy) is 1. The van der Waals surface area contributed by atoms with Gasteiger partial charge < -0.3 is 15.8 Å².